The molecule has 11 heteroatoms. The molecule has 2 N–H and O–H groups in total. The molecule has 0 fully saturated rings. The second kappa shape index (κ2) is 15.0. The van der Waals surface area contributed by atoms with E-state index in [1.54, 1.807) is 55.5 Å². The Kier molecular flexibility index (Phi) is 11.1. The lowest BCUT2D eigenvalue weighted by atomic mass is 10.0. The van der Waals surface area contributed by atoms with Crippen molar-refractivity contribution in [3.05, 3.63) is 113 Å². The largest absolute Gasteiger partial charge is 0.467 e. The van der Waals surface area contributed by atoms with Gasteiger partial charge in [0.1, 0.15) is 5.00 Å². The van der Waals surface area contributed by atoms with E-state index in [0.717, 1.165) is 22.4 Å². The van der Waals surface area contributed by atoms with Crippen LogP contribution in [0.3, 0.4) is 0 Å². The Morgan fingerprint density at radius 2 is 1.53 bits per heavy atom. The summed E-state index contributed by atoms with van der Waals surface area (Å²) in [6.45, 7) is 6.08. The lowest BCUT2D eigenvalue weighted by Gasteiger charge is -2.30. The van der Waals surface area contributed by atoms with E-state index in [-0.39, 0.29) is 19.0 Å². The van der Waals surface area contributed by atoms with Crippen molar-refractivity contribution in [2.45, 2.75) is 39.8 Å². The smallest absolute Gasteiger partial charge is 0.357 e. The molecular formula is C34H37N3O6S2. The number of hydrogen-bond acceptors (Lipinski definition) is 7. The van der Waals surface area contributed by atoms with Crippen LogP contribution in [0.1, 0.15) is 53.2 Å². The normalized spacial score (nSPS) is 11.9. The molecule has 9 nitrogen and oxygen atoms in total. The van der Waals surface area contributed by atoms with E-state index in [1.807, 2.05) is 42.5 Å². The molecule has 0 spiro atoms. The molecule has 4 aromatic rings. The van der Waals surface area contributed by atoms with E-state index in [2.05, 4.69) is 23.9 Å². The Labute approximate surface area is 268 Å². The predicted molar refractivity (Wildman–Crippen MR) is 177 cm³/mol. The molecule has 4 rings (SSSR count). The Morgan fingerprint density at radius 1 is 0.911 bits per heavy atom. The standard InChI is InChI=1S/C34H37N3O6S2/c1-5-35-34(40)45(41,42)36-31-29(21-28(44-31)20-23(2)3)25-18-16-24(17-19-25)22-37(32(38)27-14-10-7-11-15-27)30(33(39)43-4)26-12-8-6-9-13-26/h6-19,21,23,30,36H,5,20,22H2,1-4H3,(H,35,40)/t30-/m0/s1. The number of nitrogens with zero attached hydrogens (tertiary/aromatic N) is 1. The van der Waals surface area contributed by atoms with Crippen molar-refractivity contribution in [1.29, 1.82) is 0 Å². The van der Waals surface area contributed by atoms with Gasteiger partial charge in [-0.25, -0.2) is 4.79 Å². The maximum absolute atomic E-state index is 13.9. The predicted octanol–water partition coefficient (Wildman–Crippen LogP) is 6.64. The first-order valence-corrected chi connectivity index (χ1v) is 16.9. The van der Waals surface area contributed by atoms with Gasteiger partial charge in [-0.05, 0) is 54.2 Å². The molecule has 0 saturated heterocycles. The summed E-state index contributed by atoms with van der Waals surface area (Å²) in [5.74, 6) is -0.563. The van der Waals surface area contributed by atoms with E-state index in [1.165, 1.54) is 23.3 Å². The first-order chi connectivity index (χ1) is 21.5. The van der Waals surface area contributed by atoms with Crippen LogP contribution in [0.15, 0.2) is 91.0 Å². The molecule has 0 aliphatic carbocycles. The molecule has 2 amide bonds. The molecule has 0 saturated carbocycles. The van der Waals surface area contributed by atoms with Crippen molar-refractivity contribution in [3.8, 4) is 11.1 Å². The maximum Gasteiger partial charge on any atom is 0.357 e. The fraction of sp³-hybridized carbons (Fsp3) is 0.265. The van der Waals surface area contributed by atoms with Crippen molar-refractivity contribution in [2.24, 2.45) is 5.92 Å². The van der Waals surface area contributed by atoms with E-state index in [4.69, 9.17) is 4.74 Å². The van der Waals surface area contributed by atoms with Gasteiger partial charge in [0.2, 0.25) is 0 Å². The summed E-state index contributed by atoms with van der Waals surface area (Å²) in [7, 11) is -3.01. The third kappa shape index (κ3) is 8.37. The summed E-state index contributed by atoms with van der Waals surface area (Å²) in [5, 5.41) is 1.59. The van der Waals surface area contributed by atoms with Crippen LogP contribution in [0.5, 0.6) is 0 Å². The summed E-state index contributed by atoms with van der Waals surface area (Å²) in [6, 6.07) is 26.0. The third-order valence-corrected chi connectivity index (χ3v) is 9.24. The molecule has 1 aromatic heterocycles. The van der Waals surface area contributed by atoms with Crippen molar-refractivity contribution in [1.82, 2.24) is 10.2 Å². The first kappa shape index (κ1) is 33.4. The van der Waals surface area contributed by atoms with Crippen LogP contribution in [-0.2, 0) is 32.5 Å². The zero-order valence-electron chi connectivity index (χ0n) is 25.6. The Bertz CT molecular complexity index is 1720. The lowest BCUT2D eigenvalue weighted by Crippen LogP contribution is -2.39. The number of nitrogens with one attached hydrogen (secondary N) is 2. The molecule has 0 radical (unpaired) electrons. The van der Waals surface area contributed by atoms with E-state index >= 15 is 0 Å². The number of thiophene rings is 1. The fourth-order valence-corrected chi connectivity index (χ4v) is 7.27. The Balaban J connectivity index is 1.71. The van der Waals surface area contributed by atoms with Gasteiger partial charge in [-0.3, -0.25) is 14.3 Å². The molecule has 236 valence electrons. The number of rotatable bonds is 12. The number of benzene rings is 3. The third-order valence-electron chi connectivity index (χ3n) is 6.94. The highest BCUT2D eigenvalue weighted by Gasteiger charge is 2.33. The number of esters is 1. The quantitative estimate of drug-likeness (QED) is 0.166. The number of ether oxygens (including phenoxy) is 1. The number of carbonyl (C=O) groups excluding carboxylic acids is 3. The summed E-state index contributed by atoms with van der Waals surface area (Å²) >= 11 is 1.29. The van der Waals surface area contributed by atoms with Crippen LogP contribution in [-0.4, -0.2) is 44.1 Å². The Morgan fingerprint density at radius 3 is 2.11 bits per heavy atom. The minimum absolute atomic E-state index is 0.0988. The van der Waals surface area contributed by atoms with Crippen LogP contribution in [0, 0.1) is 5.92 Å². The molecule has 3 aromatic carbocycles. The topological polar surface area (TPSA) is 122 Å². The average molecular weight is 648 g/mol. The molecule has 45 heavy (non-hydrogen) atoms. The second-order valence-corrected chi connectivity index (χ2v) is 13.5. The van der Waals surface area contributed by atoms with Crippen molar-refractivity contribution in [3.63, 3.8) is 0 Å². The number of hydrogen-bond donors (Lipinski definition) is 2. The molecule has 0 aliphatic heterocycles. The first-order valence-electron chi connectivity index (χ1n) is 14.6. The highest BCUT2D eigenvalue weighted by atomic mass is 32.2. The van der Waals surface area contributed by atoms with E-state index in [9.17, 15) is 22.8 Å². The van der Waals surface area contributed by atoms with Gasteiger partial charge in [0.15, 0.2) is 6.04 Å². The zero-order valence-corrected chi connectivity index (χ0v) is 27.3. The molecular weight excluding hydrogens is 611 g/mol. The second-order valence-electron chi connectivity index (χ2n) is 10.8. The fourth-order valence-electron chi connectivity index (χ4n) is 4.85. The van der Waals surface area contributed by atoms with E-state index < -0.39 is 27.3 Å². The van der Waals surface area contributed by atoms with Crippen LogP contribution in [0.25, 0.3) is 11.1 Å². The monoisotopic (exact) mass is 647 g/mol. The van der Waals surface area contributed by atoms with Gasteiger partial charge < -0.3 is 15.0 Å². The summed E-state index contributed by atoms with van der Waals surface area (Å²) < 4.78 is 33.1. The van der Waals surface area contributed by atoms with Gasteiger partial charge in [-0.15, -0.1) is 11.3 Å². The summed E-state index contributed by atoms with van der Waals surface area (Å²) in [6.07, 6.45) is 0.740. The Hall–Kier alpha value is -4.48. The highest BCUT2D eigenvalue weighted by Crippen LogP contribution is 2.38. The summed E-state index contributed by atoms with van der Waals surface area (Å²) in [5.41, 5.74) is 3.16. The van der Waals surface area contributed by atoms with Gasteiger partial charge >= 0.3 is 21.2 Å². The minimum Gasteiger partial charge on any atom is -0.467 e. The molecule has 1 heterocycles. The van der Waals surface area contributed by atoms with Gasteiger partial charge in [-0.2, -0.15) is 8.42 Å². The molecule has 0 bridgehead atoms. The summed E-state index contributed by atoms with van der Waals surface area (Å²) in [4.78, 5) is 41.7. The SMILES string of the molecule is CCNC(=O)S(=O)(=O)Nc1sc(CC(C)C)cc1-c1ccc(CN(C(=O)c2ccccc2)[C@H](C(=O)OC)c2ccccc2)cc1. The van der Waals surface area contributed by atoms with Crippen LogP contribution < -0.4 is 10.0 Å². The number of anilines is 1. The number of sulfonamides is 1. The van der Waals surface area contributed by atoms with Gasteiger partial charge in [0, 0.05) is 29.1 Å². The number of amides is 2. The molecule has 0 unspecified atom stereocenters. The zero-order chi connectivity index (χ0) is 32.6. The van der Waals surface area contributed by atoms with Crippen molar-refractivity contribution < 1.29 is 27.5 Å². The number of carbonyl (C=O) groups is 3. The van der Waals surface area contributed by atoms with Gasteiger partial charge in [0.05, 0.1) is 7.11 Å². The van der Waals surface area contributed by atoms with Crippen LogP contribution >= 0.6 is 11.3 Å². The minimum atomic E-state index is -4.31. The van der Waals surface area contributed by atoms with Gasteiger partial charge in [-0.1, -0.05) is 86.6 Å². The lowest BCUT2D eigenvalue weighted by molar-refractivity contribution is -0.146. The highest BCUT2D eigenvalue weighted by molar-refractivity contribution is 8.07. The maximum atomic E-state index is 13.9. The molecule has 0 aliphatic rings. The molecule has 1 atom stereocenters. The number of methoxy groups -OCH3 is 1. The average Bonchev–Trinajstić information content (AvgIpc) is 3.41. The van der Waals surface area contributed by atoms with Gasteiger partial charge in [0.25, 0.3) is 5.91 Å². The van der Waals surface area contributed by atoms with E-state index in [0.29, 0.717) is 27.6 Å². The van der Waals surface area contributed by atoms with Crippen LogP contribution in [0.4, 0.5) is 9.80 Å². The van der Waals surface area contributed by atoms with Crippen LogP contribution in [0.2, 0.25) is 0 Å². The van der Waals surface area contributed by atoms with Crippen molar-refractivity contribution in [2.75, 3.05) is 18.4 Å². The van der Waals surface area contributed by atoms with Crippen molar-refractivity contribution >= 4 is 43.5 Å².